The van der Waals surface area contributed by atoms with E-state index in [1.807, 2.05) is 19.1 Å². The Bertz CT molecular complexity index is 809. The molecule has 1 heterocycles. The highest BCUT2D eigenvalue weighted by Gasteiger charge is 2.06. The molecule has 0 spiro atoms. The van der Waals surface area contributed by atoms with E-state index in [0.29, 0.717) is 11.4 Å². The molecule has 0 amide bonds. The Kier molecular flexibility index (Phi) is 7.01. The number of hydrogen-bond acceptors (Lipinski definition) is 4. The summed E-state index contributed by atoms with van der Waals surface area (Å²) in [6, 6.07) is 9.14. The first-order chi connectivity index (χ1) is 11.9. The third kappa shape index (κ3) is 6.17. The van der Waals surface area contributed by atoms with E-state index in [-0.39, 0.29) is 0 Å². The van der Waals surface area contributed by atoms with E-state index in [4.69, 9.17) is 0 Å². The number of benzene rings is 1. The molecule has 2 rings (SSSR count). The zero-order valence-corrected chi connectivity index (χ0v) is 16.5. The van der Waals surface area contributed by atoms with Crippen molar-refractivity contribution in [2.75, 3.05) is 19.3 Å². The van der Waals surface area contributed by atoms with E-state index in [2.05, 4.69) is 34.0 Å². The van der Waals surface area contributed by atoms with Gasteiger partial charge in [-0.1, -0.05) is 12.1 Å². The van der Waals surface area contributed by atoms with E-state index >= 15 is 0 Å². The molecule has 0 atom stereocenters. The second-order valence-electron chi connectivity index (χ2n) is 5.81. The standard InChI is InChI=1S/C18H25N3O2S2/c1-4-19-18(21-13-17-14(2)10-12-24-17)20-11-9-15-5-7-16(8-6-15)25(3,22)23/h5-8,10,12H,4,9,11,13H2,1-3H3,(H2,19,20,21). The first kappa shape index (κ1) is 19.5. The molecule has 0 radical (unpaired) electrons. The second-order valence-corrected chi connectivity index (χ2v) is 8.83. The molecule has 136 valence electrons. The van der Waals surface area contributed by atoms with Crippen LogP contribution in [0, 0.1) is 6.92 Å². The van der Waals surface area contributed by atoms with Crippen LogP contribution in [0.15, 0.2) is 45.6 Å². The van der Waals surface area contributed by atoms with Gasteiger partial charge < -0.3 is 10.6 Å². The van der Waals surface area contributed by atoms with Crippen molar-refractivity contribution < 1.29 is 8.42 Å². The van der Waals surface area contributed by atoms with Gasteiger partial charge in [0.05, 0.1) is 11.4 Å². The predicted octanol–water partition coefficient (Wildman–Crippen LogP) is 2.76. The summed E-state index contributed by atoms with van der Waals surface area (Å²) in [4.78, 5) is 6.24. The van der Waals surface area contributed by atoms with Gasteiger partial charge in [-0.25, -0.2) is 13.4 Å². The normalized spacial score (nSPS) is 12.2. The number of aliphatic imine (C=N–C) groups is 1. The van der Waals surface area contributed by atoms with E-state index < -0.39 is 9.84 Å². The van der Waals surface area contributed by atoms with Crippen LogP contribution in [-0.4, -0.2) is 33.7 Å². The molecular weight excluding hydrogens is 354 g/mol. The Morgan fingerprint density at radius 3 is 2.44 bits per heavy atom. The SMILES string of the molecule is CCNC(=NCc1sccc1C)NCCc1ccc(S(C)(=O)=O)cc1. The van der Waals surface area contributed by atoms with Crippen LogP contribution in [0.5, 0.6) is 0 Å². The fourth-order valence-corrected chi connectivity index (χ4v) is 3.75. The van der Waals surface area contributed by atoms with Crippen LogP contribution in [0.2, 0.25) is 0 Å². The zero-order chi connectivity index (χ0) is 18.3. The molecule has 2 aromatic rings. The van der Waals surface area contributed by atoms with Crippen molar-refractivity contribution in [2.24, 2.45) is 4.99 Å². The fourth-order valence-electron chi connectivity index (χ4n) is 2.29. The minimum Gasteiger partial charge on any atom is -0.357 e. The monoisotopic (exact) mass is 379 g/mol. The maximum absolute atomic E-state index is 11.5. The molecule has 2 N–H and O–H groups in total. The summed E-state index contributed by atoms with van der Waals surface area (Å²) in [5.41, 5.74) is 2.36. The lowest BCUT2D eigenvalue weighted by Gasteiger charge is -2.11. The summed E-state index contributed by atoms with van der Waals surface area (Å²) in [5, 5.41) is 8.65. The van der Waals surface area contributed by atoms with Crippen molar-refractivity contribution in [1.82, 2.24) is 10.6 Å². The van der Waals surface area contributed by atoms with Crippen LogP contribution in [-0.2, 0) is 22.8 Å². The molecule has 25 heavy (non-hydrogen) atoms. The van der Waals surface area contributed by atoms with Gasteiger partial charge in [0.25, 0.3) is 0 Å². The van der Waals surface area contributed by atoms with Crippen molar-refractivity contribution >= 4 is 27.1 Å². The van der Waals surface area contributed by atoms with Gasteiger partial charge in [0.15, 0.2) is 15.8 Å². The lowest BCUT2D eigenvalue weighted by Crippen LogP contribution is -2.38. The van der Waals surface area contributed by atoms with Gasteiger partial charge in [-0.3, -0.25) is 0 Å². The molecule has 0 saturated heterocycles. The highest BCUT2D eigenvalue weighted by atomic mass is 32.2. The van der Waals surface area contributed by atoms with Crippen molar-refractivity contribution in [1.29, 1.82) is 0 Å². The van der Waals surface area contributed by atoms with Crippen molar-refractivity contribution in [2.45, 2.75) is 31.7 Å². The lowest BCUT2D eigenvalue weighted by atomic mass is 10.1. The average Bonchev–Trinajstić information content (AvgIpc) is 2.97. The molecule has 0 aliphatic carbocycles. The van der Waals surface area contributed by atoms with Gasteiger partial charge in [-0.15, -0.1) is 11.3 Å². The molecule has 1 aromatic heterocycles. The van der Waals surface area contributed by atoms with Crippen LogP contribution in [0.4, 0.5) is 0 Å². The van der Waals surface area contributed by atoms with E-state index in [0.717, 1.165) is 31.0 Å². The van der Waals surface area contributed by atoms with E-state index in [1.165, 1.54) is 16.7 Å². The van der Waals surface area contributed by atoms with Crippen LogP contribution in [0.1, 0.15) is 22.9 Å². The Balaban J connectivity index is 1.89. The largest absolute Gasteiger partial charge is 0.357 e. The average molecular weight is 380 g/mol. The Morgan fingerprint density at radius 2 is 1.88 bits per heavy atom. The number of sulfone groups is 1. The number of nitrogens with one attached hydrogen (secondary N) is 2. The Morgan fingerprint density at radius 1 is 1.16 bits per heavy atom. The molecule has 0 unspecified atom stereocenters. The zero-order valence-electron chi connectivity index (χ0n) is 14.9. The first-order valence-corrected chi connectivity index (χ1v) is 11.0. The van der Waals surface area contributed by atoms with Gasteiger partial charge in [-0.2, -0.15) is 0 Å². The highest BCUT2D eigenvalue weighted by molar-refractivity contribution is 7.90. The van der Waals surface area contributed by atoms with Crippen LogP contribution in [0.3, 0.4) is 0 Å². The minimum absolute atomic E-state index is 0.352. The molecule has 0 fully saturated rings. The quantitative estimate of drug-likeness (QED) is 0.573. The molecule has 1 aromatic carbocycles. The highest BCUT2D eigenvalue weighted by Crippen LogP contribution is 2.16. The van der Waals surface area contributed by atoms with Gasteiger partial charge in [0, 0.05) is 24.2 Å². The first-order valence-electron chi connectivity index (χ1n) is 8.24. The summed E-state index contributed by atoms with van der Waals surface area (Å²) in [7, 11) is -3.14. The van der Waals surface area contributed by atoms with Crippen molar-refractivity contribution in [3.63, 3.8) is 0 Å². The maximum atomic E-state index is 11.5. The summed E-state index contributed by atoms with van der Waals surface area (Å²) in [6.45, 7) is 6.34. The summed E-state index contributed by atoms with van der Waals surface area (Å²) in [6.07, 6.45) is 2.02. The molecule has 0 bridgehead atoms. The van der Waals surface area contributed by atoms with Gasteiger partial charge in [0.2, 0.25) is 0 Å². The Hall–Kier alpha value is -1.86. The fraction of sp³-hybridized carbons (Fsp3) is 0.389. The molecule has 5 nitrogen and oxygen atoms in total. The van der Waals surface area contributed by atoms with Gasteiger partial charge >= 0.3 is 0 Å². The summed E-state index contributed by atoms with van der Waals surface area (Å²) < 4.78 is 23.0. The number of thiophene rings is 1. The van der Waals surface area contributed by atoms with Gasteiger partial charge in [0.1, 0.15) is 0 Å². The van der Waals surface area contributed by atoms with Gasteiger partial charge in [-0.05, 0) is 55.0 Å². The molecular formula is C18H25N3O2S2. The Labute approximate surface area is 154 Å². The summed E-state index contributed by atoms with van der Waals surface area (Å²) >= 11 is 1.72. The minimum atomic E-state index is -3.14. The van der Waals surface area contributed by atoms with Crippen LogP contribution < -0.4 is 10.6 Å². The van der Waals surface area contributed by atoms with Crippen molar-refractivity contribution in [3.05, 3.63) is 51.7 Å². The number of hydrogen-bond donors (Lipinski definition) is 2. The van der Waals surface area contributed by atoms with Crippen LogP contribution in [0.25, 0.3) is 0 Å². The smallest absolute Gasteiger partial charge is 0.191 e. The number of aryl methyl sites for hydroxylation is 1. The number of guanidine groups is 1. The third-order valence-corrected chi connectivity index (χ3v) is 5.89. The van der Waals surface area contributed by atoms with E-state index in [1.54, 1.807) is 23.5 Å². The molecule has 7 heteroatoms. The third-order valence-electron chi connectivity index (χ3n) is 3.75. The van der Waals surface area contributed by atoms with Crippen molar-refractivity contribution in [3.8, 4) is 0 Å². The predicted molar refractivity (Wildman–Crippen MR) is 105 cm³/mol. The number of nitrogens with zero attached hydrogens (tertiary/aromatic N) is 1. The molecule has 0 aliphatic heterocycles. The summed E-state index contributed by atoms with van der Waals surface area (Å²) in [5.74, 6) is 0.794. The molecule has 0 aliphatic rings. The van der Waals surface area contributed by atoms with E-state index in [9.17, 15) is 8.42 Å². The number of rotatable bonds is 7. The second kappa shape index (κ2) is 9.01. The topological polar surface area (TPSA) is 70.6 Å². The lowest BCUT2D eigenvalue weighted by molar-refractivity contribution is 0.602. The van der Waals surface area contributed by atoms with Crippen LogP contribution >= 0.6 is 11.3 Å². The maximum Gasteiger partial charge on any atom is 0.191 e. The molecule has 0 saturated carbocycles.